The van der Waals surface area contributed by atoms with Crippen molar-refractivity contribution in [3.8, 4) is 23.1 Å². The van der Waals surface area contributed by atoms with Crippen LogP contribution >= 0.6 is 13.5 Å². The summed E-state index contributed by atoms with van der Waals surface area (Å²) in [6.07, 6.45) is 4.57. The number of nitrogens with zero attached hydrogens (tertiary/aromatic N) is 5. The highest BCUT2D eigenvalue weighted by molar-refractivity contribution is 7.59. The van der Waals surface area contributed by atoms with Gasteiger partial charge in [0.1, 0.15) is 17.0 Å². The number of hydrogen-bond acceptors (Lipinski definition) is 7. The van der Waals surface area contributed by atoms with Gasteiger partial charge in [-0.1, -0.05) is 24.0 Å². The van der Waals surface area contributed by atoms with Crippen LogP contribution in [-0.4, -0.2) is 30.0 Å². The zero-order chi connectivity index (χ0) is 20.4. The molecule has 3 heterocycles. The van der Waals surface area contributed by atoms with E-state index in [9.17, 15) is 5.11 Å². The minimum Gasteiger partial charge on any atom is -0.382 e. The van der Waals surface area contributed by atoms with E-state index in [1.165, 1.54) is 12.4 Å². The van der Waals surface area contributed by atoms with Gasteiger partial charge in [0, 0.05) is 23.5 Å². The predicted octanol–water partition coefficient (Wildman–Crippen LogP) is 2.74. The molecule has 8 heteroatoms. The molecule has 0 aliphatic heterocycles. The van der Waals surface area contributed by atoms with E-state index in [1.54, 1.807) is 20.0 Å². The molecule has 0 amide bonds. The van der Waals surface area contributed by atoms with E-state index in [-0.39, 0.29) is 13.5 Å². The maximum Gasteiger partial charge on any atom is 0.166 e. The van der Waals surface area contributed by atoms with Gasteiger partial charge in [0.05, 0.1) is 17.4 Å². The molecular formula is C22H20N6OS. The molecule has 0 aliphatic carbocycles. The van der Waals surface area contributed by atoms with Crippen molar-refractivity contribution in [3.63, 3.8) is 0 Å². The van der Waals surface area contributed by atoms with Crippen LogP contribution in [0.1, 0.15) is 24.0 Å². The summed E-state index contributed by atoms with van der Waals surface area (Å²) in [4.78, 5) is 21.3. The van der Waals surface area contributed by atoms with Crippen molar-refractivity contribution in [1.29, 1.82) is 0 Å². The lowest BCUT2D eigenvalue weighted by molar-refractivity contribution is 0.117. The molecular weight excluding hydrogens is 396 g/mol. The second-order valence-corrected chi connectivity index (χ2v) is 6.71. The number of aliphatic hydroxyl groups is 1. The lowest BCUT2D eigenvalue weighted by Crippen LogP contribution is -2.20. The number of nitrogen functional groups attached to an aromatic ring is 1. The van der Waals surface area contributed by atoms with Gasteiger partial charge in [-0.25, -0.2) is 15.0 Å². The van der Waals surface area contributed by atoms with Crippen LogP contribution in [-0.2, 0) is 5.60 Å². The second kappa shape index (κ2) is 8.45. The summed E-state index contributed by atoms with van der Waals surface area (Å²) in [7, 11) is 0. The quantitative estimate of drug-likeness (QED) is 0.483. The van der Waals surface area contributed by atoms with E-state index in [2.05, 4.69) is 36.8 Å². The highest BCUT2D eigenvalue weighted by Gasteiger charge is 2.21. The normalized spacial score (nSPS) is 12.4. The predicted molar refractivity (Wildman–Crippen MR) is 121 cm³/mol. The fourth-order valence-corrected chi connectivity index (χ4v) is 2.88. The van der Waals surface area contributed by atoms with E-state index < -0.39 is 5.60 Å². The number of pyridine rings is 1. The van der Waals surface area contributed by atoms with Gasteiger partial charge in [0.2, 0.25) is 0 Å². The molecule has 0 aliphatic rings. The van der Waals surface area contributed by atoms with Crippen LogP contribution in [0.2, 0.25) is 0 Å². The maximum atomic E-state index is 10.6. The van der Waals surface area contributed by atoms with Crippen LogP contribution in [0.4, 0.5) is 5.82 Å². The number of aromatic nitrogens is 5. The van der Waals surface area contributed by atoms with Crippen molar-refractivity contribution in [3.05, 3.63) is 72.1 Å². The van der Waals surface area contributed by atoms with Gasteiger partial charge in [0.15, 0.2) is 11.4 Å². The summed E-state index contributed by atoms with van der Waals surface area (Å²) in [5, 5.41) is 10.6. The standard InChI is InChI=1S/C22H18N6O.H2S/c1-14-26-18-7-6-17(28-20(18)21(23)27-14)16-5-3-4-15(12-16)8-9-22(2,29)19-13-24-10-11-25-19;/h3-7,10-13,29H,1-2H3,(H2,23,26,27);1H2/t22-;/m0./s1. The lowest BCUT2D eigenvalue weighted by Gasteiger charge is -2.14. The summed E-state index contributed by atoms with van der Waals surface area (Å²) in [6, 6.07) is 11.4. The smallest absolute Gasteiger partial charge is 0.166 e. The summed E-state index contributed by atoms with van der Waals surface area (Å²) in [5.74, 6) is 6.82. The Labute approximate surface area is 180 Å². The first-order valence-electron chi connectivity index (χ1n) is 8.96. The van der Waals surface area contributed by atoms with Crippen molar-refractivity contribution in [2.75, 3.05) is 5.73 Å². The molecule has 3 aromatic heterocycles. The monoisotopic (exact) mass is 416 g/mol. The van der Waals surface area contributed by atoms with Gasteiger partial charge in [-0.2, -0.15) is 13.5 Å². The van der Waals surface area contributed by atoms with Crippen molar-refractivity contribution in [2.24, 2.45) is 0 Å². The molecule has 150 valence electrons. The van der Waals surface area contributed by atoms with E-state index in [1.807, 2.05) is 36.4 Å². The third kappa shape index (κ3) is 4.38. The maximum absolute atomic E-state index is 10.6. The zero-order valence-corrected chi connectivity index (χ0v) is 17.5. The highest BCUT2D eigenvalue weighted by atomic mass is 32.1. The molecule has 4 aromatic rings. The van der Waals surface area contributed by atoms with Crippen molar-refractivity contribution in [2.45, 2.75) is 19.4 Å². The molecule has 1 aromatic carbocycles. The molecule has 0 unspecified atom stereocenters. The molecule has 1 atom stereocenters. The molecule has 0 spiro atoms. The summed E-state index contributed by atoms with van der Waals surface area (Å²) in [6.45, 7) is 3.38. The molecule has 0 bridgehead atoms. The van der Waals surface area contributed by atoms with Gasteiger partial charge < -0.3 is 10.8 Å². The molecule has 0 saturated heterocycles. The average Bonchev–Trinajstić information content (AvgIpc) is 2.73. The minimum absolute atomic E-state index is 0. The van der Waals surface area contributed by atoms with Gasteiger partial charge in [-0.05, 0) is 38.1 Å². The summed E-state index contributed by atoms with van der Waals surface area (Å²) < 4.78 is 0. The van der Waals surface area contributed by atoms with Gasteiger partial charge >= 0.3 is 0 Å². The first kappa shape index (κ1) is 21.2. The molecule has 7 nitrogen and oxygen atoms in total. The van der Waals surface area contributed by atoms with Crippen molar-refractivity contribution >= 4 is 30.3 Å². The largest absolute Gasteiger partial charge is 0.382 e. The number of fused-ring (bicyclic) bond motifs is 1. The van der Waals surface area contributed by atoms with Crippen molar-refractivity contribution in [1.82, 2.24) is 24.9 Å². The van der Waals surface area contributed by atoms with Crippen LogP contribution < -0.4 is 5.73 Å². The fraction of sp³-hybridized carbons (Fsp3) is 0.136. The third-order valence-corrected chi connectivity index (χ3v) is 4.35. The van der Waals surface area contributed by atoms with Gasteiger partial charge in [-0.15, -0.1) is 0 Å². The van der Waals surface area contributed by atoms with E-state index in [0.29, 0.717) is 28.4 Å². The van der Waals surface area contributed by atoms with Gasteiger partial charge in [0.25, 0.3) is 0 Å². The summed E-state index contributed by atoms with van der Waals surface area (Å²) in [5.41, 5.74) is 8.61. The van der Waals surface area contributed by atoms with Crippen LogP contribution in [0.25, 0.3) is 22.3 Å². The van der Waals surface area contributed by atoms with Crippen LogP contribution in [0.3, 0.4) is 0 Å². The van der Waals surface area contributed by atoms with Crippen molar-refractivity contribution < 1.29 is 5.11 Å². The highest BCUT2D eigenvalue weighted by Crippen LogP contribution is 2.23. The second-order valence-electron chi connectivity index (χ2n) is 6.71. The molecule has 0 saturated carbocycles. The van der Waals surface area contributed by atoms with E-state index >= 15 is 0 Å². The first-order chi connectivity index (χ1) is 13.9. The summed E-state index contributed by atoms with van der Waals surface area (Å²) >= 11 is 0. The first-order valence-corrected chi connectivity index (χ1v) is 8.96. The molecule has 3 N–H and O–H groups in total. The topological polar surface area (TPSA) is 111 Å². The number of aryl methyl sites for hydroxylation is 1. The lowest BCUT2D eigenvalue weighted by atomic mass is 10.0. The number of hydrogen-bond donors (Lipinski definition) is 2. The Balaban J connectivity index is 0.00000256. The molecule has 0 fully saturated rings. The third-order valence-electron chi connectivity index (χ3n) is 4.35. The Morgan fingerprint density at radius 1 is 1.07 bits per heavy atom. The fourth-order valence-electron chi connectivity index (χ4n) is 2.88. The molecule has 4 rings (SSSR count). The van der Waals surface area contributed by atoms with E-state index in [0.717, 1.165) is 16.8 Å². The Hall–Kier alpha value is -3.54. The molecule has 0 radical (unpaired) electrons. The molecule has 30 heavy (non-hydrogen) atoms. The Morgan fingerprint density at radius 2 is 1.90 bits per heavy atom. The van der Waals surface area contributed by atoms with Crippen LogP contribution in [0.5, 0.6) is 0 Å². The van der Waals surface area contributed by atoms with Gasteiger partial charge in [-0.3, -0.25) is 9.97 Å². The van der Waals surface area contributed by atoms with E-state index in [4.69, 9.17) is 5.73 Å². The van der Waals surface area contributed by atoms with Crippen LogP contribution in [0.15, 0.2) is 55.0 Å². The minimum atomic E-state index is -1.41. The average molecular weight is 417 g/mol. The number of rotatable bonds is 2. The van der Waals surface area contributed by atoms with Crippen LogP contribution in [0, 0.1) is 18.8 Å². The Morgan fingerprint density at radius 3 is 2.67 bits per heavy atom. The zero-order valence-electron chi connectivity index (χ0n) is 16.5. The number of benzene rings is 1. The number of anilines is 1. The Bertz CT molecular complexity index is 1270. The Kier molecular flexibility index (Phi) is 5.96. The number of nitrogens with two attached hydrogens (primary N) is 1. The SMILES string of the molecule is Cc1nc(N)c2nc(-c3cccc(C#C[C@](C)(O)c4cnccn4)c3)ccc2n1.S.